The molecule has 1 aromatic carbocycles. The quantitative estimate of drug-likeness (QED) is 0.748. The van der Waals surface area contributed by atoms with E-state index in [2.05, 4.69) is 12.2 Å². The number of hydrogen-bond donors (Lipinski definition) is 1. The molecule has 20 heavy (non-hydrogen) atoms. The molecule has 1 aromatic rings. The molecule has 1 rings (SSSR count). The third-order valence-corrected chi connectivity index (χ3v) is 4.87. The number of benzene rings is 1. The van der Waals surface area contributed by atoms with Crippen LogP contribution in [0.3, 0.4) is 0 Å². The average molecular weight is 297 g/mol. The van der Waals surface area contributed by atoms with Gasteiger partial charge in [0.2, 0.25) is 5.91 Å². The van der Waals surface area contributed by atoms with Crippen LogP contribution in [0.2, 0.25) is 0 Å². The van der Waals surface area contributed by atoms with Gasteiger partial charge in [-0.05, 0) is 30.7 Å². The van der Waals surface area contributed by atoms with Crippen molar-refractivity contribution in [1.29, 1.82) is 0 Å². The molecule has 0 aliphatic carbocycles. The second kappa shape index (κ2) is 8.04. The lowest BCUT2D eigenvalue weighted by Crippen LogP contribution is -2.08. The first-order valence-corrected chi connectivity index (χ1v) is 8.71. The van der Waals surface area contributed by atoms with Crippen molar-refractivity contribution in [2.24, 2.45) is 0 Å². The molecule has 4 nitrogen and oxygen atoms in total. The molecule has 5 heteroatoms. The van der Waals surface area contributed by atoms with Crippen LogP contribution in [0.4, 0.5) is 5.69 Å². The van der Waals surface area contributed by atoms with E-state index in [1.165, 1.54) is 6.92 Å². The second-order valence-electron chi connectivity index (χ2n) is 4.94. The number of hydrogen-bond acceptors (Lipinski definition) is 3. The Morgan fingerprint density at radius 1 is 1.05 bits per heavy atom. The summed E-state index contributed by atoms with van der Waals surface area (Å²) in [6, 6.07) is 6.33. The molecule has 0 atom stereocenters. The standard InChI is InChI=1S/C15H23NO3S/c1-3-4-5-6-7-12-20(18,19)15-10-8-14(9-11-15)16-13(2)17/h8-11H,3-7,12H2,1-2H3,(H,16,17). The van der Waals surface area contributed by atoms with Crippen LogP contribution in [0.1, 0.15) is 46.0 Å². The molecule has 0 bridgehead atoms. The monoisotopic (exact) mass is 297 g/mol. The Morgan fingerprint density at radius 3 is 2.20 bits per heavy atom. The van der Waals surface area contributed by atoms with Crippen LogP contribution in [0.5, 0.6) is 0 Å². The predicted molar refractivity (Wildman–Crippen MR) is 81.6 cm³/mol. The lowest BCUT2D eigenvalue weighted by molar-refractivity contribution is -0.114. The number of carbonyl (C=O) groups excluding carboxylic acids is 1. The summed E-state index contributed by atoms with van der Waals surface area (Å²) in [6.45, 7) is 3.55. The summed E-state index contributed by atoms with van der Waals surface area (Å²) in [7, 11) is -3.21. The predicted octanol–water partition coefficient (Wildman–Crippen LogP) is 3.39. The molecular weight excluding hydrogens is 274 g/mol. The molecule has 0 aromatic heterocycles. The molecule has 0 aliphatic rings. The summed E-state index contributed by atoms with van der Waals surface area (Å²) in [5.74, 6) is 0.0208. The average Bonchev–Trinajstić information content (AvgIpc) is 2.38. The zero-order chi connectivity index (χ0) is 15.0. The van der Waals surface area contributed by atoms with E-state index in [4.69, 9.17) is 0 Å². The lowest BCUT2D eigenvalue weighted by Gasteiger charge is -2.06. The van der Waals surface area contributed by atoms with Gasteiger partial charge in [0.05, 0.1) is 10.6 Å². The summed E-state index contributed by atoms with van der Waals surface area (Å²) in [6.07, 6.45) is 5.06. The van der Waals surface area contributed by atoms with Crippen LogP contribution in [-0.2, 0) is 14.6 Å². The van der Waals surface area contributed by atoms with Crippen LogP contribution in [0.25, 0.3) is 0 Å². The van der Waals surface area contributed by atoms with Crippen LogP contribution in [0, 0.1) is 0 Å². The van der Waals surface area contributed by atoms with Crippen molar-refractivity contribution in [3.8, 4) is 0 Å². The van der Waals surface area contributed by atoms with Crippen LogP contribution in [0.15, 0.2) is 29.2 Å². The highest BCUT2D eigenvalue weighted by Gasteiger charge is 2.13. The van der Waals surface area contributed by atoms with E-state index in [0.29, 0.717) is 17.0 Å². The Bertz CT molecular complexity index is 521. The number of rotatable bonds is 8. The van der Waals surface area contributed by atoms with Gasteiger partial charge in [-0.1, -0.05) is 32.6 Å². The van der Waals surface area contributed by atoms with Crippen molar-refractivity contribution in [2.45, 2.75) is 50.8 Å². The summed E-state index contributed by atoms with van der Waals surface area (Å²) in [5, 5.41) is 2.62. The van der Waals surface area contributed by atoms with Crippen molar-refractivity contribution in [3.63, 3.8) is 0 Å². The molecule has 1 N–H and O–H groups in total. The third-order valence-electron chi connectivity index (χ3n) is 3.05. The molecule has 0 radical (unpaired) electrons. The molecule has 0 fully saturated rings. The molecule has 0 aliphatic heterocycles. The summed E-state index contributed by atoms with van der Waals surface area (Å²) in [4.78, 5) is 11.2. The molecule has 0 unspecified atom stereocenters. The van der Waals surface area contributed by atoms with E-state index < -0.39 is 9.84 Å². The first-order valence-electron chi connectivity index (χ1n) is 7.06. The van der Waals surface area contributed by atoms with Gasteiger partial charge in [-0.15, -0.1) is 0 Å². The van der Waals surface area contributed by atoms with Crippen molar-refractivity contribution in [2.75, 3.05) is 11.1 Å². The molecule has 0 spiro atoms. The second-order valence-corrected chi connectivity index (χ2v) is 7.05. The number of carbonyl (C=O) groups is 1. The Balaban J connectivity index is 2.56. The maximum atomic E-state index is 12.1. The van der Waals surface area contributed by atoms with Gasteiger partial charge >= 0.3 is 0 Å². The molecular formula is C15H23NO3S. The molecule has 0 saturated heterocycles. The van der Waals surface area contributed by atoms with Gasteiger partial charge in [0.1, 0.15) is 0 Å². The summed E-state index contributed by atoms with van der Waals surface area (Å²) >= 11 is 0. The number of unbranched alkanes of at least 4 members (excludes halogenated alkanes) is 4. The van der Waals surface area contributed by atoms with Gasteiger partial charge in [-0.2, -0.15) is 0 Å². The Hall–Kier alpha value is -1.36. The topological polar surface area (TPSA) is 63.2 Å². The minimum atomic E-state index is -3.21. The lowest BCUT2D eigenvalue weighted by atomic mass is 10.2. The van der Waals surface area contributed by atoms with Gasteiger partial charge in [0.15, 0.2) is 9.84 Å². The van der Waals surface area contributed by atoms with Gasteiger partial charge < -0.3 is 5.32 Å². The fourth-order valence-corrected chi connectivity index (χ4v) is 3.33. The highest BCUT2D eigenvalue weighted by molar-refractivity contribution is 7.91. The van der Waals surface area contributed by atoms with Crippen molar-refractivity contribution >= 4 is 21.4 Å². The zero-order valence-corrected chi connectivity index (χ0v) is 13.0. The van der Waals surface area contributed by atoms with Gasteiger partial charge in [-0.3, -0.25) is 4.79 Å². The minimum absolute atomic E-state index is 0.170. The molecule has 0 saturated carbocycles. The SMILES string of the molecule is CCCCCCCS(=O)(=O)c1ccc(NC(C)=O)cc1. The largest absolute Gasteiger partial charge is 0.326 e. The van der Waals surface area contributed by atoms with E-state index in [1.807, 2.05) is 0 Å². The number of sulfone groups is 1. The van der Waals surface area contributed by atoms with Crippen LogP contribution in [-0.4, -0.2) is 20.1 Å². The van der Waals surface area contributed by atoms with Crippen molar-refractivity contribution in [1.82, 2.24) is 0 Å². The highest BCUT2D eigenvalue weighted by atomic mass is 32.2. The van der Waals surface area contributed by atoms with Gasteiger partial charge in [-0.25, -0.2) is 8.42 Å². The number of anilines is 1. The van der Waals surface area contributed by atoms with E-state index in [-0.39, 0.29) is 11.7 Å². The maximum Gasteiger partial charge on any atom is 0.221 e. The van der Waals surface area contributed by atoms with E-state index in [1.54, 1.807) is 24.3 Å². The smallest absolute Gasteiger partial charge is 0.221 e. The third kappa shape index (κ3) is 5.74. The number of amides is 1. The van der Waals surface area contributed by atoms with Crippen molar-refractivity contribution < 1.29 is 13.2 Å². The molecule has 1 amide bonds. The first kappa shape index (κ1) is 16.7. The summed E-state index contributed by atoms with van der Waals surface area (Å²) in [5.41, 5.74) is 0.611. The number of nitrogens with one attached hydrogen (secondary N) is 1. The van der Waals surface area contributed by atoms with E-state index in [0.717, 1.165) is 25.7 Å². The first-order chi connectivity index (χ1) is 9.45. The van der Waals surface area contributed by atoms with Crippen molar-refractivity contribution in [3.05, 3.63) is 24.3 Å². The van der Waals surface area contributed by atoms with E-state index in [9.17, 15) is 13.2 Å². The van der Waals surface area contributed by atoms with Gasteiger partial charge in [0, 0.05) is 12.6 Å². The van der Waals surface area contributed by atoms with E-state index >= 15 is 0 Å². The Labute approximate surface area is 121 Å². The normalized spacial score (nSPS) is 11.3. The highest BCUT2D eigenvalue weighted by Crippen LogP contribution is 2.17. The maximum absolute atomic E-state index is 12.1. The molecule has 112 valence electrons. The fourth-order valence-electron chi connectivity index (χ4n) is 1.96. The Kier molecular flexibility index (Phi) is 6.71. The fraction of sp³-hybridized carbons (Fsp3) is 0.533. The minimum Gasteiger partial charge on any atom is -0.326 e. The van der Waals surface area contributed by atoms with Crippen LogP contribution >= 0.6 is 0 Å². The van der Waals surface area contributed by atoms with Gasteiger partial charge in [0.25, 0.3) is 0 Å². The van der Waals surface area contributed by atoms with Crippen LogP contribution < -0.4 is 5.32 Å². The molecule has 0 heterocycles. The zero-order valence-electron chi connectivity index (χ0n) is 12.2. The summed E-state index contributed by atoms with van der Waals surface area (Å²) < 4.78 is 24.2. The Morgan fingerprint density at radius 2 is 1.65 bits per heavy atom.